The minimum atomic E-state index is -4.50. The lowest BCUT2D eigenvalue weighted by Crippen LogP contribution is -2.04. The Morgan fingerprint density at radius 2 is 1.50 bits per heavy atom. The summed E-state index contributed by atoms with van der Waals surface area (Å²) < 4.78 is 36.9. The third-order valence-corrected chi connectivity index (χ3v) is 7.53. The van der Waals surface area contributed by atoms with Crippen molar-refractivity contribution in [1.29, 1.82) is 0 Å². The number of aromatic nitrogens is 2. The van der Waals surface area contributed by atoms with Crippen molar-refractivity contribution in [1.82, 2.24) is 9.55 Å². The lowest BCUT2D eigenvalue weighted by Gasteiger charge is -2.18. The molecule has 3 aromatic rings. The average molecular weight is 573 g/mol. The predicted octanol–water partition coefficient (Wildman–Crippen LogP) is 8.58. The quantitative estimate of drug-likeness (QED) is 0.101. The van der Waals surface area contributed by atoms with E-state index in [2.05, 4.69) is 11.9 Å². The predicted molar refractivity (Wildman–Crippen MR) is 158 cm³/mol. The maximum Gasteiger partial charge on any atom is 0.585 e. The monoisotopic (exact) mass is 572 g/mol. The number of hydrogen-bond acceptors (Lipinski definition) is 6. The maximum atomic E-state index is 12.8. The summed E-state index contributed by atoms with van der Waals surface area (Å²) in [6.07, 6.45) is 20.5. The number of para-hydroxylation sites is 1. The lowest BCUT2D eigenvalue weighted by molar-refractivity contribution is 0.267. The molecule has 0 amide bonds. The highest BCUT2D eigenvalue weighted by Gasteiger charge is 2.28. The molecule has 3 rings (SSSR count). The molecular weight excluding hydrogens is 527 g/mol. The van der Waals surface area contributed by atoms with Crippen molar-refractivity contribution in [3.05, 3.63) is 66.7 Å². The van der Waals surface area contributed by atoms with Gasteiger partial charge in [0, 0.05) is 18.9 Å². The van der Waals surface area contributed by atoms with E-state index in [1.54, 1.807) is 48.9 Å². The molecule has 2 aromatic carbocycles. The van der Waals surface area contributed by atoms with Crippen LogP contribution in [0.3, 0.4) is 0 Å². The van der Waals surface area contributed by atoms with Crippen molar-refractivity contribution in [3.63, 3.8) is 0 Å². The Kier molecular flexibility index (Phi) is 13.9. The number of methoxy groups -OCH3 is 1. The highest BCUT2D eigenvalue weighted by Crippen LogP contribution is 2.49. The van der Waals surface area contributed by atoms with Gasteiger partial charge in [-0.15, -0.1) is 0 Å². The minimum Gasteiger partial charge on any atom is -0.490 e. The smallest absolute Gasteiger partial charge is 0.490 e. The molecule has 1 unspecified atom stereocenters. The lowest BCUT2D eigenvalue weighted by atomic mass is 10.1. The van der Waals surface area contributed by atoms with E-state index < -0.39 is 7.82 Å². The molecule has 1 aromatic heterocycles. The molecule has 220 valence electrons. The Bertz CT molecular complexity index is 1150. The Balaban J connectivity index is 1.41. The Morgan fingerprint density at radius 3 is 2.15 bits per heavy atom. The summed E-state index contributed by atoms with van der Waals surface area (Å²) in [6, 6.07) is 12.0. The van der Waals surface area contributed by atoms with E-state index in [0.29, 0.717) is 18.9 Å². The third kappa shape index (κ3) is 11.6. The molecule has 9 heteroatoms. The van der Waals surface area contributed by atoms with Crippen molar-refractivity contribution < 1.29 is 28.0 Å². The second-order valence-corrected chi connectivity index (χ2v) is 11.4. The highest BCUT2D eigenvalue weighted by atomic mass is 31.2. The van der Waals surface area contributed by atoms with Crippen LogP contribution in [0.1, 0.15) is 89.5 Å². The molecule has 8 nitrogen and oxygen atoms in total. The molecule has 1 atom stereocenters. The van der Waals surface area contributed by atoms with Gasteiger partial charge in [0.25, 0.3) is 0 Å². The third-order valence-electron chi connectivity index (χ3n) is 6.66. The molecule has 0 fully saturated rings. The molecule has 0 bridgehead atoms. The van der Waals surface area contributed by atoms with Crippen LogP contribution in [0.4, 0.5) is 0 Å². The zero-order chi connectivity index (χ0) is 28.5. The number of hydrogen-bond donors (Lipinski definition) is 1. The van der Waals surface area contributed by atoms with Gasteiger partial charge < -0.3 is 23.1 Å². The molecule has 0 radical (unpaired) electrons. The van der Waals surface area contributed by atoms with E-state index in [9.17, 15) is 9.46 Å². The first-order valence-electron chi connectivity index (χ1n) is 14.6. The van der Waals surface area contributed by atoms with Gasteiger partial charge in [0.05, 0.1) is 20.0 Å². The Hall–Kier alpha value is -2.96. The van der Waals surface area contributed by atoms with Crippen LogP contribution in [0, 0.1) is 0 Å². The summed E-state index contributed by atoms with van der Waals surface area (Å²) >= 11 is 0. The number of unbranched alkanes of at least 4 members (excludes halogenated alkanes) is 11. The largest absolute Gasteiger partial charge is 0.585 e. The number of phosphoric acid groups is 1. The summed E-state index contributed by atoms with van der Waals surface area (Å²) in [6.45, 7) is 3.35. The molecule has 1 N–H and O–H groups in total. The number of ether oxygens (including phenoxy) is 2. The van der Waals surface area contributed by atoms with Gasteiger partial charge in [-0.2, -0.15) is 0 Å². The molecule has 0 spiro atoms. The van der Waals surface area contributed by atoms with Gasteiger partial charge in [-0.25, -0.2) is 9.55 Å². The molecule has 0 aliphatic carbocycles. The normalized spacial score (nSPS) is 12.6. The fourth-order valence-electron chi connectivity index (χ4n) is 4.58. The van der Waals surface area contributed by atoms with E-state index in [0.717, 1.165) is 18.4 Å². The first-order valence-corrected chi connectivity index (χ1v) is 16.1. The van der Waals surface area contributed by atoms with Crippen LogP contribution in [0.25, 0.3) is 0 Å². The van der Waals surface area contributed by atoms with Crippen molar-refractivity contribution in [3.8, 4) is 23.0 Å². The van der Waals surface area contributed by atoms with Gasteiger partial charge in [-0.05, 0) is 36.2 Å². The summed E-state index contributed by atoms with van der Waals surface area (Å²) in [4.78, 5) is 14.5. The Labute approximate surface area is 239 Å². The first-order chi connectivity index (χ1) is 19.5. The standard InChI is InChI=1S/C31H45N2O6P/c1-3-4-5-6-7-8-9-10-11-12-13-14-23-37-29-19-16-20-30(31(29)36-2)39-40(34,35)38-28-18-15-17-27(24-28)25-33-22-21-32-26-33/h15-22,24,26H,3-14,23,25H2,1-2H3,(H,34,35). The average Bonchev–Trinajstić information content (AvgIpc) is 3.44. The van der Waals surface area contributed by atoms with Gasteiger partial charge in [-0.1, -0.05) is 95.8 Å². The van der Waals surface area contributed by atoms with Crippen LogP contribution < -0.4 is 18.5 Å². The van der Waals surface area contributed by atoms with Crippen molar-refractivity contribution in [2.45, 2.75) is 90.5 Å². The minimum absolute atomic E-state index is 0.0788. The Morgan fingerprint density at radius 1 is 0.850 bits per heavy atom. The van der Waals surface area contributed by atoms with Crippen LogP contribution in [0.5, 0.6) is 23.0 Å². The number of phosphoric ester groups is 1. The molecule has 1 heterocycles. The molecule has 0 aliphatic heterocycles. The molecular formula is C31H45N2O6P. The topological polar surface area (TPSA) is 92.0 Å². The van der Waals surface area contributed by atoms with Crippen molar-refractivity contribution in [2.24, 2.45) is 0 Å². The van der Waals surface area contributed by atoms with Crippen molar-refractivity contribution in [2.75, 3.05) is 13.7 Å². The van der Waals surface area contributed by atoms with E-state index in [4.69, 9.17) is 18.5 Å². The van der Waals surface area contributed by atoms with E-state index >= 15 is 0 Å². The van der Waals surface area contributed by atoms with E-state index in [-0.39, 0.29) is 17.2 Å². The van der Waals surface area contributed by atoms with Crippen molar-refractivity contribution >= 4 is 7.82 Å². The summed E-state index contributed by atoms with van der Waals surface area (Å²) in [7, 11) is -3.03. The highest BCUT2D eigenvalue weighted by molar-refractivity contribution is 7.48. The number of imidazole rings is 1. The van der Waals surface area contributed by atoms with Gasteiger partial charge in [0.15, 0.2) is 11.5 Å². The second kappa shape index (κ2) is 17.7. The van der Waals surface area contributed by atoms with E-state index in [1.807, 2.05) is 16.8 Å². The summed E-state index contributed by atoms with van der Waals surface area (Å²) in [5.74, 6) is 1.02. The van der Waals surface area contributed by atoms with Crippen LogP contribution in [-0.4, -0.2) is 28.2 Å². The van der Waals surface area contributed by atoms with Crippen LogP contribution in [0.2, 0.25) is 0 Å². The SMILES string of the molecule is CCCCCCCCCCCCCCOc1cccc(OP(=O)(O)Oc2cccc(Cn3ccnc3)c2)c1OC. The molecule has 0 saturated heterocycles. The van der Waals surface area contributed by atoms with Gasteiger partial charge in [-0.3, -0.25) is 4.89 Å². The van der Waals surface area contributed by atoms with Crippen LogP contribution in [0.15, 0.2) is 61.2 Å². The zero-order valence-corrected chi connectivity index (χ0v) is 24.9. The summed E-state index contributed by atoms with van der Waals surface area (Å²) in [5, 5.41) is 0. The van der Waals surface area contributed by atoms with Gasteiger partial charge in [0.1, 0.15) is 5.75 Å². The summed E-state index contributed by atoms with van der Waals surface area (Å²) in [5.41, 5.74) is 0.890. The van der Waals surface area contributed by atoms with Gasteiger partial charge in [0.2, 0.25) is 5.75 Å². The van der Waals surface area contributed by atoms with E-state index in [1.165, 1.54) is 71.3 Å². The van der Waals surface area contributed by atoms with Crippen LogP contribution in [-0.2, 0) is 11.1 Å². The number of nitrogens with zero attached hydrogens (tertiary/aromatic N) is 2. The maximum absolute atomic E-state index is 12.8. The second-order valence-electron chi connectivity index (χ2n) is 10.1. The molecule has 0 aliphatic rings. The molecule has 0 saturated carbocycles. The fourth-order valence-corrected chi connectivity index (χ4v) is 5.39. The fraction of sp³-hybridized carbons (Fsp3) is 0.516. The first kappa shape index (κ1) is 31.6. The number of benzene rings is 2. The molecule has 40 heavy (non-hydrogen) atoms. The van der Waals surface area contributed by atoms with Gasteiger partial charge >= 0.3 is 7.82 Å². The number of rotatable bonds is 21. The van der Waals surface area contributed by atoms with Crippen LogP contribution >= 0.6 is 7.82 Å². The zero-order valence-electron chi connectivity index (χ0n) is 24.0.